The Labute approximate surface area is 163 Å². The molecule has 2 heterocycles. The second kappa shape index (κ2) is 10.3. The van der Waals surface area contributed by atoms with E-state index in [-0.39, 0.29) is 24.0 Å². The van der Waals surface area contributed by atoms with Crippen LogP contribution in [0.3, 0.4) is 0 Å². The number of aryl methyl sites for hydroxylation is 2. The molecule has 9 heteroatoms. The van der Waals surface area contributed by atoms with Gasteiger partial charge in [-0.2, -0.15) is 0 Å². The summed E-state index contributed by atoms with van der Waals surface area (Å²) in [6.45, 7) is 5.22. The van der Waals surface area contributed by atoms with Gasteiger partial charge in [0.15, 0.2) is 5.96 Å². The third kappa shape index (κ3) is 6.16. The highest BCUT2D eigenvalue weighted by Crippen LogP contribution is 2.19. The Morgan fingerprint density at radius 1 is 1.38 bits per heavy atom. The number of hydrogen-bond acceptors (Lipinski definition) is 5. The highest BCUT2D eigenvalue weighted by Gasteiger charge is 2.06. The number of ether oxygens (including phenoxy) is 1. The first kappa shape index (κ1) is 20.5. The number of aliphatic imine (C=N–C) groups is 1. The molecule has 2 N–H and O–H groups in total. The monoisotopic (exact) mass is 465 g/mol. The molecule has 2 rings (SSSR count). The molecule has 0 aliphatic heterocycles. The van der Waals surface area contributed by atoms with Crippen molar-refractivity contribution in [1.82, 2.24) is 20.6 Å². The van der Waals surface area contributed by atoms with Crippen molar-refractivity contribution in [2.24, 2.45) is 4.99 Å². The van der Waals surface area contributed by atoms with Gasteiger partial charge in [0.25, 0.3) is 0 Å². The largest absolute Gasteiger partial charge is 0.475 e. The first-order chi connectivity index (χ1) is 11.1. The maximum absolute atomic E-state index is 5.96. The van der Waals surface area contributed by atoms with Gasteiger partial charge in [-0.15, -0.1) is 24.0 Å². The van der Waals surface area contributed by atoms with Crippen LogP contribution in [0.4, 0.5) is 0 Å². The third-order valence-electron chi connectivity index (χ3n) is 3.06. The molecule has 0 radical (unpaired) electrons. The number of nitrogens with zero attached hydrogens (tertiary/aromatic N) is 3. The number of rotatable bonds is 6. The molecule has 0 amide bonds. The zero-order valence-corrected chi connectivity index (χ0v) is 16.9. The standard InChI is InChI=1S/C15H20ClN5O2.HI/c1-10-11(2)23-13(21-10)9-20-15(17-3)19-7-8-22-14-12(16)5-4-6-18-14;/h4-6H,7-9H2,1-3H3,(H2,17,19,20);1H. The van der Waals surface area contributed by atoms with Crippen molar-refractivity contribution >= 4 is 41.5 Å². The quantitative estimate of drug-likeness (QED) is 0.295. The lowest BCUT2D eigenvalue weighted by Gasteiger charge is -2.11. The molecular formula is C15H21ClIN5O2. The second-order valence-electron chi connectivity index (χ2n) is 4.74. The molecule has 0 aromatic carbocycles. The molecule has 0 fully saturated rings. The minimum Gasteiger partial charge on any atom is -0.475 e. The average Bonchev–Trinajstić information content (AvgIpc) is 2.86. The van der Waals surface area contributed by atoms with E-state index in [1.807, 2.05) is 13.8 Å². The average molecular weight is 466 g/mol. The third-order valence-corrected chi connectivity index (χ3v) is 3.35. The Morgan fingerprint density at radius 3 is 2.79 bits per heavy atom. The van der Waals surface area contributed by atoms with E-state index >= 15 is 0 Å². The summed E-state index contributed by atoms with van der Waals surface area (Å²) in [6.07, 6.45) is 1.63. The van der Waals surface area contributed by atoms with Crippen LogP contribution >= 0.6 is 35.6 Å². The van der Waals surface area contributed by atoms with E-state index in [1.165, 1.54) is 0 Å². The summed E-state index contributed by atoms with van der Waals surface area (Å²) in [5.74, 6) is 2.50. The summed E-state index contributed by atoms with van der Waals surface area (Å²) in [7, 11) is 1.69. The lowest BCUT2D eigenvalue weighted by molar-refractivity contribution is 0.310. The first-order valence-electron chi connectivity index (χ1n) is 7.21. The Morgan fingerprint density at radius 2 is 2.17 bits per heavy atom. The lowest BCUT2D eigenvalue weighted by atomic mass is 10.4. The summed E-state index contributed by atoms with van der Waals surface area (Å²) in [6, 6.07) is 3.49. The number of halogens is 2. The molecule has 0 saturated carbocycles. The Bertz CT molecular complexity index is 658. The van der Waals surface area contributed by atoms with Crippen LogP contribution in [-0.4, -0.2) is 36.1 Å². The van der Waals surface area contributed by atoms with Gasteiger partial charge in [-0.05, 0) is 26.0 Å². The highest BCUT2D eigenvalue weighted by atomic mass is 127. The fourth-order valence-electron chi connectivity index (χ4n) is 1.79. The Balaban J connectivity index is 0.00000288. The van der Waals surface area contributed by atoms with Crippen LogP contribution in [0, 0.1) is 13.8 Å². The molecule has 0 unspecified atom stereocenters. The fourth-order valence-corrected chi connectivity index (χ4v) is 1.97. The molecule has 2 aromatic heterocycles. The van der Waals surface area contributed by atoms with Gasteiger partial charge in [-0.25, -0.2) is 9.97 Å². The molecule has 0 saturated heterocycles. The molecule has 0 bridgehead atoms. The summed E-state index contributed by atoms with van der Waals surface area (Å²) in [5, 5.41) is 6.74. The molecule has 132 valence electrons. The van der Waals surface area contributed by atoms with Gasteiger partial charge in [0, 0.05) is 13.2 Å². The van der Waals surface area contributed by atoms with E-state index in [9.17, 15) is 0 Å². The first-order valence-corrected chi connectivity index (χ1v) is 7.58. The van der Waals surface area contributed by atoms with Crippen LogP contribution in [0.1, 0.15) is 17.3 Å². The molecular weight excluding hydrogens is 445 g/mol. The normalized spacial score (nSPS) is 10.9. The van der Waals surface area contributed by atoms with Gasteiger partial charge in [-0.1, -0.05) is 11.6 Å². The Hall–Kier alpha value is -1.55. The van der Waals surface area contributed by atoms with E-state index in [2.05, 4.69) is 25.6 Å². The van der Waals surface area contributed by atoms with E-state index < -0.39 is 0 Å². The molecule has 0 aliphatic rings. The van der Waals surface area contributed by atoms with Crippen molar-refractivity contribution in [3.8, 4) is 5.88 Å². The van der Waals surface area contributed by atoms with Crippen molar-refractivity contribution in [3.05, 3.63) is 40.7 Å². The van der Waals surface area contributed by atoms with Gasteiger partial charge in [0.05, 0.1) is 18.8 Å². The van der Waals surface area contributed by atoms with Crippen molar-refractivity contribution in [1.29, 1.82) is 0 Å². The SMILES string of the molecule is CN=C(NCCOc1ncccc1Cl)NCc1nc(C)c(C)o1.I. The van der Waals surface area contributed by atoms with Gasteiger partial charge >= 0.3 is 0 Å². The van der Waals surface area contributed by atoms with Gasteiger partial charge < -0.3 is 19.8 Å². The number of oxazole rings is 1. The van der Waals surface area contributed by atoms with Crippen LogP contribution in [0.15, 0.2) is 27.7 Å². The number of pyridine rings is 1. The zero-order chi connectivity index (χ0) is 16.7. The summed E-state index contributed by atoms with van der Waals surface area (Å²) in [4.78, 5) is 12.5. The molecule has 7 nitrogen and oxygen atoms in total. The molecule has 2 aromatic rings. The van der Waals surface area contributed by atoms with E-state index in [4.69, 9.17) is 20.8 Å². The van der Waals surface area contributed by atoms with Crippen LogP contribution in [0.5, 0.6) is 5.88 Å². The van der Waals surface area contributed by atoms with Crippen molar-refractivity contribution in [2.45, 2.75) is 20.4 Å². The van der Waals surface area contributed by atoms with Crippen LogP contribution in [-0.2, 0) is 6.54 Å². The maximum atomic E-state index is 5.96. The summed E-state index contributed by atoms with van der Waals surface area (Å²) in [5.41, 5.74) is 0.894. The van der Waals surface area contributed by atoms with Gasteiger partial charge in [0.1, 0.15) is 17.4 Å². The molecule has 0 atom stereocenters. The molecule has 0 spiro atoms. The van der Waals surface area contributed by atoms with Crippen molar-refractivity contribution in [3.63, 3.8) is 0 Å². The predicted molar refractivity (Wildman–Crippen MR) is 104 cm³/mol. The smallest absolute Gasteiger partial charge is 0.232 e. The zero-order valence-electron chi connectivity index (χ0n) is 13.8. The highest BCUT2D eigenvalue weighted by molar-refractivity contribution is 14.0. The lowest BCUT2D eigenvalue weighted by Crippen LogP contribution is -2.39. The van der Waals surface area contributed by atoms with Gasteiger partial charge in [0.2, 0.25) is 11.8 Å². The second-order valence-corrected chi connectivity index (χ2v) is 5.15. The van der Waals surface area contributed by atoms with E-state index in [0.717, 1.165) is 11.5 Å². The van der Waals surface area contributed by atoms with E-state index in [0.29, 0.717) is 42.4 Å². The van der Waals surface area contributed by atoms with Crippen LogP contribution < -0.4 is 15.4 Å². The number of hydrogen-bond donors (Lipinski definition) is 2. The van der Waals surface area contributed by atoms with Gasteiger partial charge in [-0.3, -0.25) is 4.99 Å². The minimum atomic E-state index is 0. The summed E-state index contributed by atoms with van der Waals surface area (Å²) < 4.78 is 11.0. The Kier molecular flexibility index (Phi) is 8.83. The van der Waals surface area contributed by atoms with Crippen molar-refractivity contribution in [2.75, 3.05) is 20.2 Å². The van der Waals surface area contributed by atoms with Crippen molar-refractivity contribution < 1.29 is 9.15 Å². The number of aromatic nitrogens is 2. The summed E-state index contributed by atoms with van der Waals surface area (Å²) >= 11 is 5.96. The molecule has 0 aliphatic carbocycles. The topological polar surface area (TPSA) is 84.6 Å². The minimum absolute atomic E-state index is 0. The molecule has 24 heavy (non-hydrogen) atoms. The van der Waals surface area contributed by atoms with E-state index in [1.54, 1.807) is 25.4 Å². The number of nitrogens with one attached hydrogen (secondary N) is 2. The predicted octanol–water partition coefficient (Wildman–Crippen LogP) is 2.70. The maximum Gasteiger partial charge on any atom is 0.232 e. The van der Waals surface area contributed by atoms with Crippen LogP contribution in [0.2, 0.25) is 5.02 Å². The number of guanidine groups is 1. The fraction of sp³-hybridized carbons (Fsp3) is 0.400. The van der Waals surface area contributed by atoms with Crippen LogP contribution in [0.25, 0.3) is 0 Å².